The fourth-order valence-electron chi connectivity index (χ4n) is 4.19. The molecule has 1 saturated heterocycles. The molecule has 0 aliphatic carbocycles. The monoisotopic (exact) mass is 556 g/mol. The van der Waals surface area contributed by atoms with Crippen LogP contribution in [-0.4, -0.2) is 85.9 Å². The number of piperazine rings is 1. The first kappa shape index (κ1) is 30.6. The van der Waals surface area contributed by atoms with Crippen molar-refractivity contribution in [3.8, 4) is 5.69 Å². The van der Waals surface area contributed by atoms with Crippen molar-refractivity contribution in [3.05, 3.63) is 52.6 Å². The number of anilines is 1. The summed E-state index contributed by atoms with van der Waals surface area (Å²) in [5, 5.41) is 15.1. The number of urea groups is 1. The van der Waals surface area contributed by atoms with Crippen molar-refractivity contribution in [2.75, 3.05) is 31.5 Å². The molecule has 0 saturated carbocycles. The van der Waals surface area contributed by atoms with Crippen molar-refractivity contribution in [3.63, 3.8) is 0 Å². The molecule has 3 N–H and O–H groups in total. The Kier molecular flexibility index (Phi) is 9.56. The van der Waals surface area contributed by atoms with Crippen LogP contribution in [-0.2, 0) is 16.0 Å². The normalized spacial score (nSPS) is 14.9. The van der Waals surface area contributed by atoms with E-state index in [-0.39, 0.29) is 37.9 Å². The van der Waals surface area contributed by atoms with Crippen LogP contribution < -0.4 is 16.3 Å². The molecule has 12 nitrogen and oxygen atoms in total. The van der Waals surface area contributed by atoms with Gasteiger partial charge in [-0.1, -0.05) is 19.1 Å². The molecule has 1 aliphatic heterocycles. The van der Waals surface area contributed by atoms with Gasteiger partial charge in [0.25, 0.3) is 0 Å². The average Bonchev–Trinajstić information content (AvgIpc) is 2.87. The summed E-state index contributed by atoms with van der Waals surface area (Å²) in [6.07, 6.45) is 1.66. The molecule has 1 aromatic carbocycles. The van der Waals surface area contributed by atoms with Crippen molar-refractivity contribution in [2.24, 2.45) is 0 Å². The zero-order valence-electron chi connectivity index (χ0n) is 24.1. The van der Waals surface area contributed by atoms with Crippen LogP contribution in [0.5, 0.6) is 0 Å². The summed E-state index contributed by atoms with van der Waals surface area (Å²) < 4.78 is 6.63. The fourth-order valence-corrected chi connectivity index (χ4v) is 4.19. The summed E-state index contributed by atoms with van der Waals surface area (Å²) in [5.41, 5.74) is -0.831. The van der Waals surface area contributed by atoms with E-state index < -0.39 is 35.1 Å². The number of carbonyl (C=O) groups is 3. The fraction of sp³-hybridized carbons (Fsp3) is 0.536. The molecule has 4 amide bonds. The summed E-state index contributed by atoms with van der Waals surface area (Å²) in [4.78, 5) is 57.7. The smallest absolute Gasteiger partial charge is 0.408 e. The largest absolute Gasteiger partial charge is 0.444 e. The minimum atomic E-state index is -1.18. The predicted octanol–water partition coefficient (Wildman–Crippen LogP) is 2.53. The second-order valence-electron chi connectivity index (χ2n) is 11.4. The molecule has 0 radical (unpaired) electrons. The highest BCUT2D eigenvalue weighted by molar-refractivity contribution is 5.90. The number of carbonyl (C=O) groups excluding carboxylic acids is 3. The van der Waals surface area contributed by atoms with Crippen LogP contribution in [0, 0.1) is 0 Å². The Labute approximate surface area is 234 Å². The quantitative estimate of drug-likeness (QED) is 0.475. The Hall–Kier alpha value is -3.93. The topological polar surface area (TPSA) is 146 Å². The van der Waals surface area contributed by atoms with Crippen LogP contribution in [0.1, 0.15) is 53.5 Å². The minimum Gasteiger partial charge on any atom is -0.444 e. The van der Waals surface area contributed by atoms with Gasteiger partial charge in [0.1, 0.15) is 17.0 Å². The van der Waals surface area contributed by atoms with E-state index in [1.165, 1.54) is 15.7 Å². The third-order valence-corrected chi connectivity index (χ3v) is 6.40. The number of nitrogens with one attached hydrogen (secondary N) is 2. The molecule has 0 bridgehead atoms. The van der Waals surface area contributed by atoms with E-state index in [1.54, 1.807) is 57.7 Å². The molecule has 0 spiro atoms. The Bertz CT molecular complexity index is 1260. The summed E-state index contributed by atoms with van der Waals surface area (Å²) in [6, 6.07) is 8.39. The highest BCUT2D eigenvalue weighted by Crippen LogP contribution is 2.15. The number of benzene rings is 1. The maximum atomic E-state index is 13.0. The van der Waals surface area contributed by atoms with Gasteiger partial charge in [0.2, 0.25) is 5.91 Å². The highest BCUT2D eigenvalue weighted by Gasteiger charge is 2.36. The number of amides is 4. The lowest BCUT2D eigenvalue weighted by Crippen LogP contribution is -2.60. The van der Waals surface area contributed by atoms with E-state index in [4.69, 9.17) is 4.74 Å². The Morgan fingerprint density at radius 3 is 2.15 bits per heavy atom. The van der Waals surface area contributed by atoms with Crippen LogP contribution in [0.15, 0.2) is 41.3 Å². The first-order valence-electron chi connectivity index (χ1n) is 13.4. The van der Waals surface area contributed by atoms with Crippen molar-refractivity contribution in [1.82, 2.24) is 24.7 Å². The second kappa shape index (κ2) is 12.5. The van der Waals surface area contributed by atoms with Gasteiger partial charge in [0.05, 0.1) is 11.8 Å². The number of aromatic nitrogens is 2. The molecule has 1 fully saturated rings. The number of aliphatic hydroxyl groups excluding tert-OH is 1. The lowest BCUT2D eigenvalue weighted by molar-refractivity contribution is -0.138. The second-order valence-corrected chi connectivity index (χ2v) is 11.4. The van der Waals surface area contributed by atoms with Gasteiger partial charge in [-0.25, -0.2) is 14.4 Å². The molecule has 2 aromatic rings. The third-order valence-electron chi connectivity index (χ3n) is 6.40. The molecule has 1 unspecified atom stereocenters. The highest BCUT2D eigenvalue weighted by atomic mass is 16.6. The molecule has 1 atom stereocenters. The Balaban J connectivity index is 1.54. The molecular formula is C28H40N6O6. The van der Waals surface area contributed by atoms with Gasteiger partial charge in [0, 0.05) is 32.4 Å². The van der Waals surface area contributed by atoms with Crippen LogP contribution in [0.4, 0.5) is 15.4 Å². The van der Waals surface area contributed by atoms with Crippen molar-refractivity contribution in [2.45, 2.75) is 71.6 Å². The van der Waals surface area contributed by atoms with Crippen LogP contribution in [0.25, 0.3) is 5.69 Å². The molecular weight excluding hydrogens is 516 g/mol. The Morgan fingerprint density at radius 2 is 1.60 bits per heavy atom. The van der Waals surface area contributed by atoms with E-state index in [0.717, 1.165) is 5.56 Å². The molecule has 1 aliphatic rings. The third kappa shape index (κ3) is 8.28. The molecule has 40 heavy (non-hydrogen) atoms. The molecule has 2 heterocycles. The average molecular weight is 557 g/mol. The molecule has 12 heteroatoms. The maximum Gasteiger partial charge on any atom is 0.408 e. The van der Waals surface area contributed by atoms with Crippen LogP contribution in [0.2, 0.25) is 0 Å². The molecule has 3 rings (SSSR count). The van der Waals surface area contributed by atoms with Gasteiger partial charge in [-0.05, 0) is 71.2 Å². The first-order chi connectivity index (χ1) is 18.7. The maximum absolute atomic E-state index is 13.0. The Morgan fingerprint density at radius 1 is 1.00 bits per heavy atom. The van der Waals surface area contributed by atoms with Crippen molar-refractivity contribution in [1.29, 1.82) is 0 Å². The zero-order chi connectivity index (χ0) is 29.7. The van der Waals surface area contributed by atoms with Gasteiger partial charge in [-0.3, -0.25) is 14.7 Å². The van der Waals surface area contributed by atoms with Crippen molar-refractivity contribution >= 4 is 23.8 Å². The number of hydrogen-bond acceptors (Lipinski definition) is 7. The van der Waals surface area contributed by atoms with Gasteiger partial charge < -0.3 is 25.0 Å². The van der Waals surface area contributed by atoms with Gasteiger partial charge >= 0.3 is 17.8 Å². The summed E-state index contributed by atoms with van der Waals surface area (Å²) >= 11 is 0. The number of aliphatic hydroxyl groups is 1. The van der Waals surface area contributed by atoms with Crippen molar-refractivity contribution < 1.29 is 24.2 Å². The molecule has 218 valence electrons. The van der Waals surface area contributed by atoms with Crippen LogP contribution >= 0.6 is 0 Å². The van der Waals surface area contributed by atoms with Crippen LogP contribution in [0.3, 0.4) is 0 Å². The van der Waals surface area contributed by atoms with E-state index in [9.17, 15) is 24.3 Å². The van der Waals surface area contributed by atoms with E-state index >= 15 is 0 Å². The minimum absolute atomic E-state index is 0.120. The molecule has 1 aromatic heterocycles. The first-order valence-corrected chi connectivity index (χ1v) is 13.4. The van der Waals surface area contributed by atoms with E-state index in [0.29, 0.717) is 18.5 Å². The number of rotatable bonds is 7. The number of ether oxygens (including phenoxy) is 1. The summed E-state index contributed by atoms with van der Waals surface area (Å²) in [7, 11) is 0. The van der Waals surface area contributed by atoms with Gasteiger partial charge in [-0.2, -0.15) is 4.98 Å². The summed E-state index contributed by atoms with van der Waals surface area (Å²) in [5.74, 6) is -0.159. The predicted molar refractivity (Wildman–Crippen MR) is 150 cm³/mol. The van der Waals surface area contributed by atoms with E-state index in [1.807, 2.05) is 19.1 Å². The van der Waals surface area contributed by atoms with Gasteiger partial charge in [-0.15, -0.1) is 0 Å². The lowest BCUT2D eigenvalue weighted by Gasteiger charge is -2.38. The zero-order valence-corrected chi connectivity index (χ0v) is 24.1. The number of alkyl carbamates (subject to hydrolysis) is 1. The lowest BCUT2D eigenvalue weighted by atomic mass is 10.0. The standard InChI is InChI=1S/C28H40N6O6/c1-7-21(35)18-19-8-10-20(11-9-19)34-13-12-22(30-25(34)38)29-24(37)33-16-14-32(15-17-33)23(36)28(5,6)31-26(39)40-27(2,3)4/h8-13,21,35H,7,14-18H2,1-6H3,(H,31,39)(H,29,30,37,38). The summed E-state index contributed by atoms with van der Waals surface area (Å²) in [6.45, 7) is 11.5. The SMILES string of the molecule is CCC(O)Cc1ccc(-n2ccc(NC(=O)N3CCN(C(=O)C(C)(C)NC(=O)OC(C)(C)C)CC3)nc2=O)cc1. The number of hydrogen-bond donors (Lipinski definition) is 3. The number of nitrogens with zero attached hydrogens (tertiary/aromatic N) is 4. The van der Waals surface area contributed by atoms with Gasteiger partial charge in [0.15, 0.2) is 0 Å². The van der Waals surface area contributed by atoms with E-state index in [2.05, 4.69) is 15.6 Å².